The summed E-state index contributed by atoms with van der Waals surface area (Å²) < 4.78 is 10.6. The van der Waals surface area contributed by atoms with Crippen molar-refractivity contribution in [2.24, 2.45) is 5.92 Å². The fourth-order valence-electron chi connectivity index (χ4n) is 1.50. The molecule has 1 unspecified atom stereocenters. The average molecular weight is 304 g/mol. The SMILES string of the molecule is CC(C)CNC(=O)CCNCC(O)COCCOC(C)C. The molecule has 1 amide bonds. The van der Waals surface area contributed by atoms with Gasteiger partial charge in [-0.25, -0.2) is 0 Å². The summed E-state index contributed by atoms with van der Waals surface area (Å²) in [5.74, 6) is 0.494. The third-order valence-corrected chi connectivity index (χ3v) is 2.61. The van der Waals surface area contributed by atoms with Gasteiger partial charge in [0.1, 0.15) is 0 Å². The Balaban J connectivity index is 3.37. The number of aliphatic hydroxyl groups is 1. The predicted octanol–water partition coefficient (Wildman–Crippen LogP) is 0.541. The summed E-state index contributed by atoms with van der Waals surface area (Å²) in [4.78, 5) is 11.4. The number of carbonyl (C=O) groups excluding carboxylic acids is 1. The highest BCUT2D eigenvalue weighted by atomic mass is 16.5. The smallest absolute Gasteiger partial charge is 0.221 e. The van der Waals surface area contributed by atoms with Crippen molar-refractivity contribution in [2.75, 3.05) is 39.5 Å². The molecule has 0 radical (unpaired) electrons. The fraction of sp³-hybridized carbons (Fsp3) is 0.933. The maximum atomic E-state index is 11.4. The number of carbonyl (C=O) groups is 1. The van der Waals surface area contributed by atoms with Crippen LogP contribution in [0.15, 0.2) is 0 Å². The van der Waals surface area contributed by atoms with Gasteiger partial charge in [-0.15, -0.1) is 0 Å². The third kappa shape index (κ3) is 15.5. The molecule has 6 heteroatoms. The number of hydrogen-bond donors (Lipinski definition) is 3. The van der Waals surface area contributed by atoms with Crippen LogP contribution in [0.1, 0.15) is 34.1 Å². The second kappa shape index (κ2) is 13.0. The van der Waals surface area contributed by atoms with Crippen LogP contribution in [-0.2, 0) is 14.3 Å². The van der Waals surface area contributed by atoms with Crippen LogP contribution >= 0.6 is 0 Å². The Morgan fingerprint density at radius 1 is 1.14 bits per heavy atom. The molecule has 0 saturated heterocycles. The lowest BCUT2D eigenvalue weighted by Gasteiger charge is -2.13. The van der Waals surface area contributed by atoms with Gasteiger partial charge < -0.3 is 25.2 Å². The van der Waals surface area contributed by atoms with E-state index < -0.39 is 6.10 Å². The molecular weight excluding hydrogens is 272 g/mol. The van der Waals surface area contributed by atoms with Crippen LogP contribution in [0.5, 0.6) is 0 Å². The zero-order valence-corrected chi connectivity index (χ0v) is 13.9. The van der Waals surface area contributed by atoms with Crippen molar-refractivity contribution >= 4 is 5.91 Å². The molecular formula is C15H32N2O4. The van der Waals surface area contributed by atoms with E-state index in [1.54, 1.807) is 0 Å². The van der Waals surface area contributed by atoms with Gasteiger partial charge in [0.05, 0.1) is 32.0 Å². The molecule has 126 valence electrons. The van der Waals surface area contributed by atoms with E-state index >= 15 is 0 Å². The van der Waals surface area contributed by atoms with Crippen molar-refractivity contribution < 1.29 is 19.4 Å². The molecule has 0 fully saturated rings. The van der Waals surface area contributed by atoms with Crippen LogP contribution in [0.25, 0.3) is 0 Å². The van der Waals surface area contributed by atoms with Crippen molar-refractivity contribution in [3.8, 4) is 0 Å². The average Bonchev–Trinajstić information content (AvgIpc) is 2.40. The summed E-state index contributed by atoms with van der Waals surface area (Å²) in [7, 11) is 0. The molecule has 0 aromatic heterocycles. The number of ether oxygens (including phenoxy) is 2. The predicted molar refractivity (Wildman–Crippen MR) is 83.2 cm³/mol. The van der Waals surface area contributed by atoms with E-state index in [2.05, 4.69) is 24.5 Å². The van der Waals surface area contributed by atoms with E-state index in [9.17, 15) is 9.90 Å². The molecule has 0 bridgehead atoms. The summed E-state index contributed by atoms with van der Waals surface area (Å²) in [6, 6.07) is 0. The minimum absolute atomic E-state index is 0.0350. The molecule has 0 aromatic rings. The Labute approximate surface area is 128 Å². The van der Waals surface area contributed by atoms with Gasteiger partial charge in [0.2, 0.25) is 5.91 Å². The zero-order valence-electron chi connectivity index (χ0n) is 13.9. The molecule has 0 spiro atoms. The summed E-state index contributed by atoms with van der Waals surface area (Å²) in [5, 5.41) is 15.6. The summed E-state index contributed by atoms with van der Waals surface area (Å²) in [5.41, 5.74) is 0. The number of rotatable bonds is 13. The van der Waals surface area contributed by atoms with Gasteiger partial charge in [-0.1, -0.05) is 13.8 Å². The molecule has 0 heterocycles. The Morgan fingerprint density at radius 2 is 1.86 bits per heavy atom. The van der Waals surface area contributed by atoms with E-state index in [0.717, 1.165) is 0 Å². The minimum atomic E-state index is -0.567. The fourth-order valence-corrected chi connectivity index (χ4v) is 1.50. The number of aliphatic hydroxyl groups excluding tert-OH is 1. The lowest BCUT2D eigenvalue weighted by molar-refractivity contribution is -0.121. The first-order valence-corrected chi connectivity index (χ1v) is 7.76. The van der Waals surface area contributed by atoms with Gasteiger partial charge in [0, 0.05) is 26.1 Å². The first kappa shape index (κ1) is 20.3. The van der Waals surface area contributed by atoms with E-state index in [1.807, 2.05) is 13.8 Å². The highest BCUT2D eigenvalue weighted by molar-refractivity contribution is 5.76. The van der Waals surface area contributed by atoms with Crippen molar-refractivity contribution in [3.05, 3.63) is 0 Å². The molecule has 1 atom stereocenters. The molecule has 0 rings (SSSR count). The molecule has 0 aliphatic rings. The van der Waals surface area contributed by atoms with Gasteiger partial charge in [0.15, 0.2) is 0 Å². The summed E-state index contributed by atoms with van der Waals surface area (Å²) in [6.07, 6.45) is 0.0486. The molecule has 0 aliphatic carbocycles. The van der Waals surface area contributed by atoms with Crippen molar-refractivity contribution in [1.82, 2.24) is 10.6 Å². The second-order valence-electron chi connectivity index (χ2n) is 5.80. The molecule has 6 nitrogen and oxygen atoms in total. The number of hydrogen-bond acceptors (Lipinski definition) is 5. The third-order valence-electron chi connectivity index (χ3n) is 2.61. The van der Waals surface area contributed by atoms with E-state index in [-0.39, 0.29) is 18.6 Å². The molecule has 0 aromatic carbocycles. The highest BCUT2D eigenvalue weighted by Crippen LogP contribution is 1.90. The second-order valence-corrected chi connectivity index (χ2v) is 5.80. The van der Waals surface area contributed by atoms with E-state index in [1.165, 1.54) is 0 Å². The van der Waals surface area contributed by atoms with Gasteiger partial charge in [-0.2, -0.15) is 0 Å². The van der Waals surface area contributed by atoms with Crippen molar-refractivity contribution in [3.63, 3.8) is 0 Å². The Hall–Kier alpha value is -0.690. The van der Waals surface area contributed by atoms with Crippen LogP contribution in [-0.4, -0.2) is 62.7 Å². The maximum Gasteiger partial charge on any atom is 0.221 e. The first-order valence-electron chi connectivity index (χ1n) is 7.76. The Morgan fingerprint density at radius 3 is 2.48 bits per heavy atom. The lowest BCUT2D eigenvalue weighted by Crippen LogP contribution is -2.34. The first-order chi connectivity index (χ1) is 9.91. The Bertz CT molecular complexity index is 260. The van der Waals surface area contributed by atoms with Gasteiger partial charge in [-0.05, 0) is 19.8 Å². The van der Waals surface area contributed by atoms with Gasteiger partial charge in [0.25, 0.3) is 0 Å². The molecule has 3 N–H and O–H groups in total. The largest absolute Gasteiger partial charge is 0.389 e. The zero-order chi connectivity index (χ0) is 16.1. The Kier molecular flexibility index (Phi) is 12.6. The monoisotopic (exact) mass is 304 g/mol. The lowest BCUT2D eigenvalue weighted by atomic mass is 10.2. The van der Waals surface area contributed by atoms with Crippen LogP contribution in [0.3, 0.4) is 0 Å². The summed E-state index contributed by atoms with van der Waals surface area (Å²) >= 11 is 0. The van der Waals surface area contributed by atoms with Crippen LogP contribution < -0.4 is 10.6 Å². The molecule has 21 heavy (non-hydrogen) atoms. The van der Waals surface area contributed by atoms with Crippen molar-refractivity contribution in [2.45, 2.75) is 46.3 Å². The van der Waals surface area contributed by atoms with E-state index in [0.29, 0.717) is 45.2 Å². The quantitative estimate of drug-likeness (QED) is 0.433. The topological polar surface area (TPSA) is 79.8 Å². The normalized spacial score (nSPS) is 12.9. The minimum Gasteiger partial charge on any atom is -0.389 e. The summed E-state index contributed by atoms with van der Waals surface area (Å²) in [6.45, 7) is 11.0. The molecule has 0 saturated carbocycles. The van der Waals surface area contributed by atoms with Crippen LogP contribution in [0.2, 0.25) is 0 Å². The number of nitrogens with one attached hydrogen (secondary N) is 2. The van der Waals surface area contributed by atoms with Gasteiger partial charge >= 0.3 is 0 Å². The van der Waals surface area contributed by atoms with Crippen LogP contribution in [0, 0.1) is 5.92 Å². The highest BCUT2D eigenvalue weighted by Gasteiger charge is 2.05. The molecule has 0 aliphatic heterocycles. The standard InChI is InChI=1S/C15H32N2O4/c1-12(2)9-17-15(19)5-6-16-10-14(18)11-20-7-8-21-13(3)4/h12-14,16,18H,5-11H2,1-4H3,(H,17,19). The van der Waals surface area contributed by atoms with Crippen molar-refractivity contribution in [1.29, 1.82) is 0 Å². The van der Waals surface area contributed by atoms with Crippen LogP contribution in [0.4, 0.5) is 0 Å². The maximum absolute atomic E-state index is 11.4. The number of amides is 1. The van der Waals surface area contributed by atoms with E-state index in [4.69, 9.17) is 9.47 Å². The van der Waals surface area contributed by atoms with Gasteiger partial charge in [-0.3, -0.25) is 4.79 Å².